The molecule has 0 atom stereocenters. The van der Waals surface area contributed by atoms with Gasteiger partial charge in [-0.3, -0.25) is 0 Å². The zero-order chi connectivity index (χ0) is 10.7. The summed E-state index contributed by atoms with van der Waals surface area (Å²) in [5.41, 5.74) is 0. The molecule has 0 amide bonds. The number of phenolic OH excluding ortho intramolecular Hbond substituents is 1. The summed E-state index contributed by atoms with van der Waals surface area (Å²) in [7, 11) is 0. The molecule has 0 aliphatic rings. The van der Waals surface area contributed by atoms with Crippen molar-refractivity contribution in [1.29, 1.82) is 0 Å². The Morgan fingerprint density at radius 2 is 2.07 bits per heavy atom. The molecule has 0 bridgehead atoms. The van der Waals surface area contributed by atoms with Crippen LogP contribution in [0.1, 0.15) is 0 Å². The maximum Gasteiger partial charge on any atom is 0.129 e. The van der Waals surface area contributed by atoms with E-state index in [-0.39, 0.29) is 5.75 Å². The molecule has 15 heavy (non-hydrogen) atoms. The largest absolute Gasteiger partial charge is 0.507 e. The van der Waals surface area contributed by atoms with E-state index in [1.165, 1.54) is 18.1 Å². The molecular weight excluding hydrogens is 276 g/mol. The van der Waals surface area contributed by atoms with Crippen molar-refractivity contribution >= 4 is 27.7 Å². The Balaban J connectivity index is 2.30. The molecule has 0 aliphatic heterocycles. The summed E-state index contributed by atoms with van der Waals surface area (Å²) in [5.74, 6) is 0.257. The quantitative estimate of drug-likeness (QED) is 0.860. The van der Waals surface area contributed by atoms with Crippen molar-refractivity contribution in [2.45, 2.75) is 9.92 Å². The third-order valence-corrected chi connectivity index (χ3v) is 3.63. The lowest BCUT2D eigenvalue weighted by atomic mass is 10.3. The lowest BCUT2D eigenvalue weighted by molar-refractivity contribution is 0.462. The Labute approximate surface area is 99.7 Å². The van der Waals surface area contributed by atoms with E-state index >= 15 is 0 Å². The Bertz CT molecular complexity index is 435. The fourth-order valence-electron chi connectivity index (χ4n) is 1.02. The van der Waals surface area contributed by atoms with Crippen molar-refractivity contribution < 1.29 is 5.11 Å². The Hall–Kier alpha value is -1.07. The van der Waals surface area contributed by atoms with E-state index in [0.717, 1.165) is 14.4 Å². The number of para-hydroxylation sites is 1. The summed E-state index contributed by atoms with van der Waals surface area (Å²) in [6.07, 6.45) is 3.16. The van der Waals surface area contributed by atoms with Gasteiger partial charge in [-0.15, -0.1) is 0 Å². The second-order valence-electron chi connectivity index (χ2n) is 2.75. The van der Waals surface area contributed by atoms with Gasteiger partial charge in [0.2, 0.25) is 0 Å². The van der Waals surface area contributed by atoms with Gasteiger partial charge in [-0.25, -0.2) is 9.97 Å². The number of benzene rings is 1. The number of nitrogens with zero attached hydrogens (tertiary/aromatic N) is 2. The lowest BCUT2D eigenvalue weighted by Gasteiger charge is -2.03. The first-order valence-corrected chi connectivity index (χ1v) is 5.79. The monoisotopic (exact) mass is 282 g/mol. The van der Waals surface area contributed by atoms with Crippen LogP contribution >= 0.6 is 27.7 Å². The van der Waals surface area contributed by atoms with Crippen LogP contribution < -0.4 is 0 Å². The fourth-order valence-corrected chi connectivity index (χ4v) is 2.27. The molecule has 1 aromatic heterocycles. The average molecular weight is 283 g/mol. The summed E-state index contributed by atoms with van der Waals surface area (Å²) in [5, 5.41) is 10.4. The standard InChI is InChI=1S/C10H7BrN2OS/c11-7-5-12-6-13-10(7)15-9-4-2-1-3-8(9)14/h1-6,14H. The number of hydrogen-bond donors (Lipinski definition) is 1. The highest BCUT2D eigenvalue weighted by Gasteiger charge is 2.06. The van der Waals surface area contributed by atoms with E-state index in [0.29, 0.717) is 0 Å². The van der Waals surface area contributed by atoms with Crippen LogP contribution in [0.25, 0.3) is 0 Å². The molecule has 1 aromatic carbocycles. The predicted molar refractivity (Wildman–Crippen MR) is 62.0 cm³/mol. The first kappa shape index (κ1) is 10.4. The minimum Gasteiger partial charge on any atom is -0.507 e. The number of hydrogen-bond acceptors (Lipinski definition) is 4. The Morgan fingerprint density at radius 1 is 1.27 bits per heavy atom. The molecule has 76 valence electrons. The molecule has 0 saturated carbocycles. The molecule has 2 rings (SSSR count). The number of phenols is 1. The number of aromatic hydroxyl groups is 1. The summed E-state index contributed by atoms with van der Waals surface area (Å²) in [6, 6.07) is 7.15. The van der Waals surface area contributed by atoms with Crippen LogP contribution in [0.3, 0.4) is 0 Å². The Kier molecular flexibility index (Phi) is 3.23. The fraction of sp³-hybridized carbons (Fsp3) is 0. The molecule has 0 aliphatic carbocycles. The molecule has 0 saturated heterocycles. The van der Waals surface area contributed by atoms with Crippen molar-refractivity contribution in [3.8, 4) is 5.75 Å². The van der Waals surface area contributed by atoms with E-state index in [1.54, 1.807) is 18.3 Å². The molecule has 0 radical (unpaired) electrons. The van der Waals surface area contributed by atoms with Crippen LogP contribution in [0.2, 0.25) is 0 Å². The molecule has 3 nitrogen and oxygen atoms in total. The molecule has 5 heteroatoms. The van der Waals surface area contributed by atoms with Crippen molar-refractivity contribution in [3.63, 3.8) is 0 Å². The smallest absolute Gasteiger partial charge is 0.129 e. The van der Waals surface area contributed by atoms with Crippen LogP contribution in [0.5, 0.6) is 5.75 Å². The molecule has 0 spiro atoms. The summed E-state index contributed by atoms with van der Waals surface area (Å²) >= 11 is 4.74. The minimum atomic E-state index is 0.257. The molecule has 1 heterocycles. The van der Waals surface area contributed by atoms with E-state index < -0.39 is 0 Å². The highest BCUT2D eigenvalue weighted by atomic mass is 79.9. The number of halogens is 1. The summed E-state index contributed by atoms with van der Waals surface area (Å²) in [4.78, 5) is 8.76. The number of rotatable bonds is 2. The first-order valence-electron chi connectivity index (χ1n) is 4.19. The van der Waals surface area contributed by atoms with Crippen molar-refractivity contribution in [3.05, 3.63) is 41.3 Å². The molecule has 0 fully saturated rings. The zero-order valence-corrected chi connectivity index (χ0v) is 9.99. The van der Waals surface area contributed by atoms with Crippen LogP contribution in [0.15, 0.2) is 51.2 Å². The maximum absolute atomic E-state index is 9.58. The van der Waals surface area contributed by atoms with Gasteiger partial charge >= 0.3 is 0 Å². The van der Waals surface area contributed by atoms with Gasteiger partial charge < -0.3 is 5.11 Å². The SMILES string of the molecule is Oc1ccccc1Sc1ncncc1Br. The summed E-state index contributed by atoms with van der Waals surface area (Å²) < 4.78 is 0.818. The van der Waals surface area contributed by atoms with Gasteiger partial charge in [0.1, 0.15) is 17.1 Å². The van der Waals surface area contributed by atoms with E-state index in [9.17, 15) is 5.11 Å². The lowest BCUT2D eigenvalue weighted by Crippen LogP contribution is -1.83. The van der Waals surface area contributed by atoms with Gasteiger partial charge in [-0.05, 0) is 28.1 Å². The Morgan fingerprint density at radius 3 is 2.80 bits per heavy atom. The van der Waals surface area contributed by atoms with Gasteiger partial charge in [-0.2, -0.15) is 0 Å². The van der Waals surface area contributed by atoms with E-state index in [4.69, 9.17) is 0 Å². The number of aromatic nitrogens is 2. The second kappa shape index (κ2) is 4.63. The highest BCUT2D eigenvalue weighted by Crippen LogP contribution is 2.35. The topological polar surface area (TPSA) is 46.0 Å². The van der Waals surface area contributed by atoms with Gasteiger partial charge in [0.15, 0.2) is 0 Å². The minimum absolute atomic E-state index is 0.257. The predicted octanol–water partition coefficient (Wildman–Crippen LogP) is 3.10. The third kappa shape index (κ3) is 2.49. The van der Waals surface area contributed by atoms with Crippen molar-refractivity contribution in [1.82, 2.24) is 9.97 Å². The van der Waals surface area contributed by atoms with Crippen molar-refractivity contribution in [2.75, 3.05) is 0 Å². The normalized spacial score (nSPS) is 10.2. The second-order valence-corrected chi connectivity index (χ2v) is 4.63. The molecule has 1 N–H and O–H groups in total. The van der Waals surface area contributed by atoms with Crippen LogP contribution in [0.4, 0.5) is 0 Å². The zero-order valence-electron chi connectivity index (χ0n) is 7.59. The third-order valence-electron chi connectivity index (χ3n) is 1.71. The van der Waals surface area contributed by atoms with Crippen LogP contribution in [-0.2, 0) is 0 Å². The van der Waals surface area contributed by atoms with Gasteiger partial charge in [0, 0.05) is 6.20 Å². The highest BCUT2D eigenvalue weighted by molar-refractivity contribution is 9.10. The van der Waals surface area contributed by atoms with Gasteiger partial charge in [0.05, 0.1) is 9.37 Å². The van der Waals surface area contributed by atoms with Gasteiger partial charge in [-0.1, -0.05) is 23.9 Å². The van der Waals surface area contributed by atoms with Crippen LogP contribution in [-0.4, -0.2) is 15.1 Å². The van der Waals surface area contributed by atoms with Crippen molar-refractivity contribution in [2.24, 2.45) is 0 Å². The maximum atomic E-state index is 9.58. The summed E-state index contributed by atoms with van der Waals surface area (Å²) in [6.45, 7) is 0. The first-order chi connectivity index (χ1) is 7.27. The molecular formula is C10H7BrN2OS. The van der Waals surface area contributed by atoms with E-state index in [2.05, 4.69) is 25.9 Å². The molecule has 2 aromatic rings. The van der Waals surface area contributed by atoms with Gasteiger partial charge in [0.25, 0.3) is 0 Å². The molecule has 0 unspecified atom stereocenters. The average Bonchev–Trinajstić information content (AvgIpc) is 2.24. The van der Waals surface area contributed by atoms with Crippen LogP contribution in [0, 0.1) is 0 Å². The van der Waals surface area contributed by atoms with E-state index in [1.807, 2.05) is 12.1 Å².